The third-order valence-corrected chi connectivity index (χ3v) is 1.96. The van der Waals surface area contributed by atoms with Gasteiger partial charge in [0.2, 0.25) is 0 Å². The molecule has 1 N–H and O–H groups in total. The van der Waals surface area contributed by atoms with Crippen molar-refractivity contribution in [3.05, 3.63) is 28.5 Å². The molecule has 4 heteroatoms. The van der Waals surface area contributed by atoms with Gasteiger partial charge >= 0.3 is 0 Å². The minimum absolute atomic E-state index is 0.116. The summed E-state index contributed by atoms with van der Waals surface area (Å²) in [5.41, 5.74) is 0.455. The highest BCUT2D eigenvalue weighted by Gasteiger charge is 2.04. The van der Waals surface area contributed by atoms with Crippen molar-refractivity contribution in [2.75, 3.05) is 6.54 Å². The molecule has 1 aromatic heterocycles. The molecule has 1 rings (SSSR count). The molecule has 0 aliphatic carbocycles. The van der Waals surface area contributed by atoms with Gasteiger partial charge in [-0.1, -0.05) is 6.92 Å². The summed E-state index contributed by atoms with van der Waals surface area (Å²) >= 11 is 3.25. The lowest BCUT2D eigenvalue weighted by Crippen LogP contribution is -2.24. The summed E-state index contributed by atoms with van der Waals surface area (Å²) in [6.45, 7) is 2.70. The van der Waals surface area contributed by atoms with Gasteiger partial charge in [-0.2, -0.15) is 0 Å². The van der Waals surface area contributed by atoms with Gasteiger partial charge in [-0.3, -0.25) is 4.79 Å². The molecular weight excluding hydrogens is 232 g/mol. The van der Waals surface area contributed by atoms with E-state index in [1.807, 2.05) is 6.92 Å². The largest absolute Gasteiger partial charge is 0.351 e. The van der Waals surface area contributed by atoms with E-state index >= 15 is 0 Å². The SMILES string of the molecule is CCCNC(=O)c1ccc(Br)cn1. The van der Waals surface area contributed by atoms with Crippen LogP contribution in [0.3, 0.4) is 0 Å². The first-order chi connectivity index (χ1) is 6.24. The molecule has 0 bridgehead atoms. The number of pyridine rings is 1. The molecular formula is C9H11BrN2O. The van der Waals surface area contributed by atoms with Crippen molar-refractivity contribution < 1.29 is 4.79 Å². The molecule has 1 aromatic rings. The third kappa shape index (κ3) is 3.14. The van der Waals surface area contributed by atoms with Gasteiger partial charge in [0.25, 0.3) is 5.91 Å². The predicted molar refractivity (Wildman–Crippen MR) is 54.6 cm³/mol. The lowest BCUT2D eigenvalue weighted by molar-refractivity contribution is 0.0948. The van der Waals surface area contributed by atoms with Crippen molar-refractivity contribution in [3.63, 3.8) is 0 Å². The Hall–Kier alpha value is -0.900. The quantitative estimate of drug-likeness (QED) is 0.881. The molecule has 0 aromatic carbocycles. The van der Waals surface area contributed by atoms with Crippen LogP contribution in [0, 0.1) is 0 Å². The van der Waals surface area contributed by atoms with E-state index in [4.69, 9.17) is 0 Å². The summed E-state index contributed by atoms with van der Waals surface area (Å²) < 4.78 is 0.875. The summed E-state index contributed by atoms with van der Waals surface area (Å²) in [7, 11) is 0. The fraction of sp³-hybridized carbons (Fsp3) is 0.333. The lowest BCUT2D eigenvalue weighted by atomic mass is 10.3. The number of amides is 1. The maximum absolute atomic E-state index is 11.3. The van der Waals surface area contributed by atoms with Crippen molar-refractivity contribution in [1.29, 1.82) is 0 Å². The van der Waals surface area contributed by atoms with Crippen molar-refractivity contribution in [3.8, 4) is 0 Å². The second-order valence-electron chi connectivity index (χ2n) is 2.62. The zero-order valence-electron chi connectivity index (χ0n) is 7.38. The number of carbonyl (C=O) groups is 1. The summed E-state index contributed by atoms with van der Waals surface area (Å²) in [6.07, 6.45) is 2.54. The number of nitrogens with one attached hydrogen (secondary N) is 1. The normalized spacial score (nSPS) is 9.69. The van der Waals surface area contributed by atoms with Crippen LogP contribution in [0.15, 0.2) is 22.8 Å². The number of hydrogen-bond acceptors (Lipinski definition) is 2. The minimum atomic E-state index is -0.116. The predicted octanol–water partition coefficient (Wildman–Crippen LogP) is 1.98. The van der Waals surface area contributed by atoms with E-state index in [1.165, 1.54) is 0 Å². The van der Waals surface area contributed by atoms with E-state index in [0.29, 0.717) is 12.2 Å². The molecule has 0 saturated heterocycles. The minimum Gasteiger partial charge on any atom is -0.351 e. The van der Waals surface area contributed by atoms with Crippen molar-refractivity contribution in [2.45, 2.75) is 13.3 Å². The Morgan fingerprint density at radius 1 is 1.62 bits per heavy atom. The number of aromatic nitrogens is 1. The zero-order chi connectivity index (χ0) is 9.68. The third-order valence-electron chi connectivity index (χ3n) is 1.50. The standard InChI is InChI=1S/C9H11BrN2O/c1-2-5-11-9(13)8-4-3-7(10)6-12-8/h3-4,6H,2,5H2,1H3,(H,11,13). The molecule has 0 atom stereocenters. The molecule has 13 heavy (non-hydrogen) atoms. The first-order valence-electron chi connectivity index (χ1n) is 4.13. The molecule has 1 heterocycles. The Kier molecular flexibility index (Phi) is 3.89. The maximum atomic E-state index is 11.3. The highest BCUT2D eigenvalue weighted by Crippen LogP contribution is 2.06. The fourth-order valence-electron chi connectivity index (χ4n) is 0.839. The van der Waals surface area contributed by atoms with Gasteiger partial charge in [-0.15, -0.1) is 0 Å². The number of hydrogen-bond donors (Lipinski definition) is 1. The van der Waals surface area contributed by atoms with E-state index in [-0.39, 0.29) is 5.91 Å². The maximum Gasteiger partial charge on any atom is 0.269 e. The molecule has 0 aliphatic rings. The molecule has 0 spiro atoms. The molecule has 0 fully saturated rings. The fourth-order valence-corrected chi connectivity index (χ4v) is 1.07. The Morgan fingerprint density at radius 3 is 2.92 bits per heavy atom. The van der Waals surface area contributed by atoms with Crippen LogP contribution in [0.4, 0.5) is 0 Å². The highest BCUT2D eigenvalue weighted by atomic mass is 79.9. The molecule has 3 nitrogen and oxygen atoms in total. The average molecular weight is 243 g/mol. The van der Waals surface area contributed by atoms with Crippen LogP contribution in [0.5, 0.6) is 0 Å². The van der Waals surface area contributed by atoms with Crippen LogP contribution in [-0.4, -0.2) is 17.4 Å². The topological polar surface area (TPSA) is 42.0 Å². The van der Waals surface area contributed by atoms with Gasteiger partial charge in [0.05, 0.1) is 0 Å². The van der Waals surface area contributed by atoms with Gasteiger partial charge in [-0.05, 0) is 34.5 Å². The smallest absolute Gasteiger partial charge is 0.269 e. The summed E-state index contributed by atoms with van der Waals surface area (Å²) in [5.74, 6) is -0.116. The monoisotopic (exact) mass is 242 g/mol. The van der Waals surface area contributed by atoms with Gasteiger partial charge in [0.1, 0.15) is 5.69 Å². The second-order valence-corrected chi connectivity index (χ2v) is 3.53. The van der Waals surface area contributed by atoms with Crippen LogP contribution < -0.4 is 5.32 Å². The Labute approximate surface area is 85.7 Å². The average Bonchev–Trinajstić information content (AvgIpc) is 2.15. The molecule has 1 amide bonds. The lowest BCUT2D eigenvalue weighted by Gasteiger charge is -2.01. The van der Waals surface area contributed by atoms with Crippen LogP contribution >= 0.6 is 15.9 Å². The van der Waals surface area contributed by atoms with Crippen molar-refractivity contribution >= 4 is 21.8 Å². The van der Waals surface area contributed by atoms with E-state index in [1.54, 1.807) is 18.3 Å². The van der Waals surface area contributed by atoms with Crippen molar-refractivity contribution in [2.24, 2.45) is 0 Å². The second kappa shape index (κ2) is 4.97. The van der Waals surface area contributed by atoms with Crippen LogP contribution in [0.1, 0.15) is 23.8 Å². The highest BCUT2D eigenvalue weighted by molar-refractivity contribution is 9.10. The summed E-state index contributed by atoms with van der Waals surface area (Å²) in [6, 6.07) is 3.49. The summed E-state index contributed by atoms with van der Waals surface area (Å²) in [5, 5.41) is 2.75. The number of halogens is 1. The van der Waals surface area contributed by atoms with Gasteiger partial charge in [0.15, 0.2) is 0 Å². The first kappa shape index (κ1) is 10.2. The van der Waals surface area contributed by atoms with E-state index < -0.39 is 0 Å². The molecule has 0 radical (unpaired) electrons. The Bertz CT molecular complexity index is 284. The zero-order valence-corrected chi connectivity index (χ0v) is 8.97. The number of rotatable bonds is 3. The van der Waals surface area contributed by atoms with E-state index in [0.717, 1.165) is 10.9 Å². The van der Waals surface area contributed by atoms with E-state index in [2.05, 4.69) is 26.2 Å². The Balaban J connectivity index is 2.61. The van der Waals surface area contributed by atoms with Crippen LogP contribution in [0.25, 0.3) is 0 Å². The van der Waals surface area contributed by atoms with Gasteiger partial charge in [-0.25, -0.2) is 4.98 Å². The van der Waals surface area contributed by atoms with Crippen LogP contribution in [0.2, 0.25) is 0 Å². The van der Waals surface area contributed by atoms with Gasteiger partial charge in [0, 0.05) is 17.2 Å². The van der Waals surface area contributed by atoms with Crippen LogP contribution in [-0.2, 0) is 0 Å². The first-order valence-corrected chi connectivity index (χ1v) is 4.93. The van der Waals surface area contributed by atoms with Crippen molar-refractivity contribution in [1.82, 2.24) is 10.3 Å². The molecule has 0 unspecified atom stereocenters. The number of carbonyl (C=O) groups excluding carboxylic acids is 1. The van der Waals surface area contributed by atoms with E-state index in [9.17, 15) is 4.79 Å². The van der Waals surface area contributed by atoms with Gasteiger partial charge < -0.3 is 5.32 Å². The molecule has 0 saturated carbocycles. The molecule has 70 valence electrons. The Morgan fingerprint density at radius 2 is 2.38 bits per heavy atom. The molecule has 0 aliphatic heterocycles. The summed E-state index contributed by atoms with van der Waals surface area (Å²) in [4.78, 5) is 15.3. The number of nitrogens with zero attached hydrogens (tertiary/aromatic N) is 1.